The molecule has 3 rings (SSSR count). The van der Waals surface area contributed by atoms with E-state index in [1.54, 1.807) is 35.7 Å². The Kier molecular flexibility index (Phi) is 5.48. The molecule has 0 fully saturated rings. The molecule has 27 heavy (non-hydrogen) atoms. The summed E-state index contributed by atoms with van der Waals surface area (Å²) in [7, 11) is 2.98. The summed E-state index contributed by atoms with van der Waals surface area (Å²) in [5.74, 6) is -0.787. The Morgan fingerprint density at radius 2 is 2.04 bits per heavy atom. The summed E-state index contributed by atoms with van der Waals surface area (Å²) in [5.41, 5.74) is 0.489. The van der Waals surface area contributed by atoms with Gasteiger partial charge < -0.3 is 24.6 Å². The summed E-state index contributed by atoms with van der Waals surface area (Å²) in [6.07, 6.45) is 0. The van der Waals surface area contributed by atoms with E-state index >= 15 is 0 Å². The Balaban J connectivity index is 2.16. The lowest BCUT2D eigenvalue weighted by molar-refractivity contribution is -0.129. The van der Waals surface area contributed by atoms with Crippen molar-refractivity contribution in [3.8, 4) is 11.5 Å². The Hall–Kier alpha value is -2.84. The van der Waals surface area contributed by atoms with E-state index in [9.17, 15) is 19.8 Å². The molecule has 0 bridgehead atoms. The number of aliphatic hydroxyl groups excluding tert-OH is 2. The van der Waals surface area contributed by atoms with Gasteiger partial charge in [-0.3, -0.25) is 9.59 Å². The van der Waals surface area contributed by atoms with Crippen molar-refractivity contribution in [1.29, 1.82) is 0 Å². The number of aliphatic hydroxyl groups is 2. The Labute approximate surface area is 160 Å². The number of benzene rings is 1. The maximum atomic E-state index is 13.0. The number of hydrogen-bond donors (Lipinski definition) is 2. The summed E-state index contributed by atoms with van der Waals surface area (Å²) >= 11 is 1.22. The van der Waals surface area contributed by atoms with E-state index in [-0.39, 0.29) is 18.7 Å². The number of nitrogens with zero attached hydrogens (tertiary/aromatic N) is 1. The van der Waals surface area contributed by atoms with E-state index in [4.69, 9.17) is 9.47 Å². The van der Waals surface area contributed by atoms with Crippen molar-refractivity contribution in [2.75, 3.05) is 27.4 Å². The topological polar surface area (TPSA) is 96.3 Å². The van der Waals surface area contributed by atoms with Crippen LogP contribution in [0.25, 0.3) is 0 Å². The molecule has 2 aromatic rings. The van der Waals surface area contributed by atoms with Crippen LogP contribution in [0.2, 0.25) is 0 Å². The predicted molar refractivity (Wildman–Crippen MR) is 99.4 cm³/mol. The summed E-state index contributed by atoms with van der Waals surface area (Å²) in [6, 6.07) is 7.48. The van der Waals surface area contributed by atoms with Crippen molar-refractivity contribution >= 4 is 23.0 Å². The second-order valence-corrected chi connectivity index (χ2v) is 6.75. The third-order valence-corrected chi connectivity index (χ3v) is 5.24. The van der Waals surface area contributed by atoms with Gasteiger partial charge in [-0.2, -0.15) is 0 Å². The molecule has 142 valence electrons. The maximum absolute atomic E-state index is 13.0. The molecule has 0 saturated heterocycles. The number of β-amino-alcohol motifs (C(OH)–C–C–N with tert-alkyl or cyclic N) is 1. The molecule has 0 spiro atoms. The third-order valence-electron chi connectivity index (χ3n) is 4.37. The van der Waals surface area contributed by atoms with Gasteiger partial charge in [0.15, 0.2) is 5.76 Å². The van der Waals surface area contributed by atoms with Crippen molar-refractivity contribution in [3.05, 3.63) is 57.5 Å². The first-order chi connectivity index (χ1) is 13.0. The molecule has 1 aromatic carbocycles. The molecule has 2 N–H and O–H groups in total. The van der Waals surface area contributed by atoms with E-state index in [2.05, 4.69) is 0 Å². The summed E-state index contributed by atoms with van der Waals surface area (Å²) in [4.78, 5) is 27.3. The van der Waals surface area contributed by atoms with E-state index in [0.717, 1.165) is 0 Å². The molecule has 7 nitrogen and oxygen atoms in total. The van der Waals surface area contributed by atoms with Crippen molar-refractivity contribution in [3.63, 3.8) is 0 Å². The van der Waals surface area contributed by atoms with Crippen LogP contribution >= 0.6 is 11.3 Å². The Bertz CT molecular complexity index is 890. The molecule has 2 heterocycles. The minimum Gasteiger partial charge on any atom is -0.503 e. The summed E-state index contributed by atoms with van der Waals surface area (Å²) < 4.78 is 10.6. The number of amides is 1. The molecule has 0 aliphatic carbocycles. The molecule has 1 unspecified atom stereocenters. The van der Waals surface area contributed by atoms with Crippen LogP contribution in [0.5, 0.6) is 11.5 Å². The average Bonchev–Trinajstić information content (AvgIpc) is 3.30. The standard InChI is InChI=1S/C19H19NO6S/c1-25-11-5-6-12(13(10-11)26-2)16-15(17(22)14-4-3-9-27-14)18(23)19(24)20(16)7-8-21/h3-6,9-10,16,21,23H,7-8H2,1-2H3. The van der Waals surface area contributed by atoms with Crippen molar-refractivity contribution in [2.24, 2.45) is 0 Å². The third kappa shape index (κ3) is 3.29. The Morgan fingerprint density at radius 3 is 2.63 bits per heavy atom. The monoisotopic (exact) mass is 389 g/mol. The van der Waals surface area contributed by atoms with Gasteiger partial charge >= 0.3 is 0 Å². The number of rotatable bonds is 7. The van der Waals surface area contributed by atoms with Crippen LogP contribution in [0.15, 0.2) is 47.0 Å². The van der Waals surface area contributed by atoms with Gasteiger partial charge in [0, 0.05) is 18.2 Å². The predicted octanol–water partition coefficient (Wildman–Crippen LogP) is 2.34. The second kappa shape index (κ2) is 7.81. The van der Waals surface area contributed by atoms with Gasteiger partial charge in [-0.25, -0.2) is 0 Å². The zero-order chi connectivity index (χ0) is 19.6. The van der Waals surface area contributed by atoms with Crippen LogP contribution in [0.1, 0.15) is 21.3 Å². The fourth-order valence-corrected chi connectivity index (χ4v) is 3.81. The lowest BCUT2D eigenvalue weighted by Gasteiger charge is -2.27. The van der Waals surface area contributed by atoms with Crippen LogP contribution in [-0.4, -0.2) is 54.2 Å². The fraction of sp³-hybridized carbons (Fsp3) is 0.263. The second-order valence-electron chi connectivity index (χ2n) is 5.80. The van der Waals surface area contributed by atoms with Crippen molar-refractivity contribution in [2.45, 2.75) is 6.04 Å². The number of Topliss-reactive ketones (excluding diaryl/α,β-unsaturated/α-hetero) is 1. The van der Waals surface area contributed by atoms with E-state index in [1.165, 1.54) is 30.5 Å². The number of ether oxygens (including phenoxy) is 2. The summed E-state index contributed by atoms with van der Waals surface area (Å²) in [5, 5.41) is 21.6. The van der Waals surface area contributed by atoms with Gasteiger partial charge in [0.1, 0.15) is 11.5 Å². The van der Waals surface area contributed by atoms with E-state index in [1.807, 2.05) is 0 Å². The van der Waals surface area contributed by atoms with Gasteiger partial charge in [0.05, 0.1) is 37.3 Å². The molecular weight excluding hydrogens is 370 g/mol. The molecule has 8 heteroatoms. The minimum atomic E-state index is -0.875. The molecular formula is C19H19NO6S. The SMILES string of the molecule is COc1ccc(C2C(C(=O)c3cccs3)=C(O)C(=O)N2CCO)c(OC)c1. The first kappa shape index (κ1) is 18.9. The fourth-order valence-electron chi connectivity index (χ4n) is 3.13. The van der Waals surface area contributed by atoms with Gasteiger partial charge in [-0.15, -0.1) is 11.3 Å². The van der Waals surface area contributed by atoms with Crippen LogP contribution in [0.4, 0.5) is 0 Å². The van der Waals surface area contributed by atoms with Gasteiger partial charge in [-0.1, -0.05) is 6.07 Å². The number of methoxy groups -OCH3 is 2. The molecule has 1 aliphatic heterocycles. The highest BCUT2D eigenvalue weighted by Crippen LogP contribution is 2.43. The lowest BCUT2D eigenvalue weighted by atomic mass is 9.94. The number of thiophene rings is 1. The largest absolute Gasteiger partial charge is 0.503 e. The molecule has 0 radical (unpaired) electrons. The minimum absolute atomic E-state index is 0.0284. The maximum Gasteiger partial charge on any atom is 0.290 e. The quantitative estimate of drug-likeness (QED) is 0.706. The normalized spacial score (nSPS) is 16.8. The first-order valence-corrected chi connectivity index (χ1v) is 9.06. The molecule has 1 aromatic heterocycles. The molecule has 1 atom stereocenters. The van der Waals surface area contributed by atoms with Gasteiger partial charge in [0.2, 0.25) is 5.78 Å². The summed E-state index contributed by atoms with van der Waals surface area (Å²) in [6.45, 7) is -0.349. The van der Waals surface area contributed by atoms with E-state index < -0.39 is 23.5 Å². The zero-order valence-corrected chi connectivity index (χ0v) is 15.7. The van der Waals surface area contributed by atoms with E-state index in [0.29, 0.717) is 21.9 Å². The number of hydrogen-bond acceptors (Lipinski definition) is 7. The average molecular weight is 389 g/mol. The highest BCUT2D eigenvalue weighted by atomic mass is 32.1. The molecule has 1 amide bonds. The smallest absolute Gasteiger partial charge is 0.290 e. The first-order valence-electron chi connectivity index (χ1n) is 8.18. The van der Waals surface area contributed by atoms with Crippen LogP contribution < -0.4 is 9.47 Å². The highest BCUT2D eigenvalue weighted by molar-refractivity contribution is 7.12. The number of ketones is 1. The zero-order valence-electron chi connectivity index (χ0n) is 14.8. The van der Waals surface area contributed by atoms with Crippen LogP contribution in [-0.2, 0) is 4.79 Å². The van der Waals surface area contributed by atoms with Crippen LogP contribution in [0, 0.1) is 0 Å². The Morgan fingerprint density at radius 1 is 1.26 bits per heavy atom. The lowest BCUT2D eigenvalue weighted by Crippen LogP contribution is -2.33. The number of carbonyl (C=O) groups excluding carboxylic acids is 2. The van der Waals surface area contributed by atoms with Gasteiger partial charge in [-0.05, 0) is 23.6 Å². The highest BCUT2D eigenvalue weighted by Gasteiger charge is 2.44. The number of carbonyl (C=O) groups is 2. The molecule has 0 saturated carbocycles. The van der Waals surface area contributed by atoms with Crippen molar-refractivity contribution < 1.29 is 29.3 Å². The van der Waals surface area contributed by atoms with Gasteiger partial charge in [0.25, 0.3) is 5.91 Å². The molecule has 1 aliphatic rings. The van der Waals surface area contributed by atoms with Crippen molar-refractivity contribution in [1.82, 2.24) is 4.90 Å². The van der Waals surface area contributed by atoms with Crippen LogP contribution in [0.3, 0.4) is 0 Å².